The van der Waals surface area contributed by atoms with E-state index in [-0.39, 0.29) is 23.2 Å². The lowest BCUT2D eigenvalue weighted by Crippen LogP contribution is -2.36. The number of aryl methyl sites for hydroxylation is 1. The van der Waals surface area contributed by atoms with Gasteiger partial charge >= 0.3 is 0 Å². The molecule has 3 heterocycles. The molecule has 4 aromatic rings. The van der Waals surface area contributed by atoms with Gasteiger partial charge in [-0.1, -0.05) is 26.0 Å². The van der Waals surface area contributed by atoms with Gasteiger partial charge in [-0.2, -0.15) is 10.2 Å². The van der Waals surface area contributed by atoms with Crippen molar-refractivity contribution in [1.29, 1.82) is 0 Å². The lowest BCUT2D eigenvalue weighted by molar-refractivity contribution is 0.0930. The molecule has 1 aromatic carbocycles. The minimum Gasteiger partial charge on any atom is -0.346 e. The van der Waals surface area contributed by atoms with Gasteiger partial charge < -0.3 is 9.88 Å². The summed E-state index contributed by atoms with van der Waals surface area (Å²) in [6, 6.07) is 11.0. The second-order valence-electron chi connectivity index (χ2n) is 8.18. The van der Waals surface area contributed by atoms with Crippen molar-refractivity contribution in [3.8, 4) is 0 Å². The average Bonchev–Trinajstić information content (AvgIpc) is 3.31. The molecular formula is C22H26N6O2. The Morgan fingerprint density at radius 3 is 2.43 bits per heavy atom. The van der Waals surface area contributed by atoms with E-state index < -0.39 is 0 Å². The molecule has 0 bridgehead atoms. The maximum atomic E-state index is 13.1. The van der Waals surface area contributed by atoms with Crippen LogP contribution in [-0.2, 0) is 13.1 Å². The van der Waals surface area contributed by atoms with Crippen molar-refractivity contribution >= 4 is 22.5 Å². The van der Waals surface area contributed by atoms with Crippen LogP contribution in [0.25, 0.3) is 16.6 Å². The van der Waals surface area contributed by atoms with Gasteiger partial charge in [0.2, 0.25) is 0 Å². The summed E-state index contributed by atoms with van der Waals surface area (Å²) in [6.07, 6.45) is 1.88. The van der Waals surface area contributed by atoms with Crippen LogP contribution in [0.1, 0.15) is 37.0 Å². The summed E-state index contributed by atoms with van der Waals surface area (Å²) in [5, 5.41) is 11.7. The lowest BCUT2D eigenvalue weighted by Gasteiger charge is -2.13. The van der Waals surface area contributed by atoms with E-state index in [1.807, 2.05) is 50.4 Å². The molecule has 0 fully saturated rings. The third-order valence-electron chi connectivity index (χ3n) is 4.97. The first-order chi connectivity index (χ1) is 14.3. The first-order valence-corrected chi connectivity index (χ1v) is 10.2. The van der Waals surface area contributed by atoms with E-state index in [0.717, 1.165) is 16.7 Å². The minimum atomic E-state index is -0.311. The Kier molecular flexibility index (Phi) is 5.15. The zero-order valence-corrected chi connectivity index (χ0v) is 17.7. The summed E-state index contributed by atoms with van der Waals surface area (Å²) in [7, 11) is 0. The largest absolute Gasteiger partial charge is 0.346 e. The Bertz CT molecular complexity index is 1280. The minimum absolute atomic E-state index is 0.143. The Balaban J connectivity index is 1.69. The normalized spacial score (nSPS) is 12.7. The second kappa shape index (κ2) is 7.78. The van der Waals surface area contributed by atoms with E-state index >= 15 is 0 Å². The predicted octanol–water partition coefficient (Wildman–Crippen LogP) is 2.63. The molecule has 4 rings (SSSR count). The Morgan fingerprint density at radius 2 is 1.77 bits per heavy atom. The number of amides is 1. The molecule has 3 aromatic heterocycles. The van der Waals surface area contributed by atoms with Crippen LogP contribution in [0.4, 0.5) is 0 Å². The summed E-state index contributed by atoms with van der Waals surface area (Å²) < 4.78 is 5.13. The standard InChI is InChI=1S/C22H26N6O2/c1-14(2)12-27-18-7-5-6-8-19(18)28-20(22(27)30)11-17(25-28)21(29)23-16(4)13-26-10-9-15(3)24-26/h5-11,14,16H,12-13H2,1-4H3,(H,23,29)/t16-/m0/s1. The molecule has 0 aliphatic carbocycles. The maximum Gasteiger partial charge on any atom is 0.277 e. The molecule has 0 unspecified atom stereocenters. The van der Waals surface area contributed by atoms with Crippen molar-refractivity contribution < 1.29 is 4.79 Å². The number of para-hydroxylation sites is 2. The molecule has 0 saturated carbocycles. The zero-order chi connectivity index (χ0) is 21.4. The van der Waals surface area contributed by atoms with Crippen LogP contribution in [0.5, 0.6) is 0 Å². The molecule has 8 heteroatoms. The number of hydrogen-bond acceptors (Lipinski definition) is 4. The Labute approximate surface area is 174 Å². The van der Waals surface area contributed by atoms with Gasteiger partial charge in [0.15, 0.2) is 5.69 Å². The summed E-state index contributed by atoms with van der Waals surface area (Å²) in [4.78, 5) is 25.9. The number of hydrogen-bond donors (Lipinski definition) is 1. The smallest absolute Gasteiger partial charge is 0.277 e. The third kappa shape index (κ3) is 3.72. The van der Waals surface area contributed by atoms with E-state index in [9.17, 15) is 9.59 Å². The predicted molar refractivity (Wildman–Crippen MR) is 116 cm³/mol. The molecule has 1 N–H and O–H groups in total. The van der Waals surface area contributed by atoms with E-state index in [4.69, 9.17) is 0 Å². The highest BCUT2D eigenvalue weighted by Gasteiger charge is 2.19. The highest BCUT2D eigenvalue weighted by molar-refractivity contribution is 5.94. The molecule has 0 saturated heterocycles. The van der Waals surface area contributed by atoms with Gasteiger partial charge in [0.1, 0.15) is 5.52 Å². The van der Waals surface area contributed by atoms with Crippen LogP contribution >= 0.6 is 0 Å². The first kappa shape index (κ1) is 19.9. The molecule has 1 amide bonds. The summed E-state index contributed by atoms with van der Waals surface area (Å²) >= 11 is 0. The number of carbonyl (C=O) groups excluding carboxylic acids is 1. The highest BCUT2D eigenvalue weighted by atomic mass is 16.2. The van der Waals surface area contributed by atoms with Crippen molar-refractivity contribution in [3.05, 3.63) is 64.3 Å². The van der Waals surface area contributed by atoms with Gasteiger partial charge in [-0.15, -0.1) is 0 Å². The summed E-state index contributed by atoms with van der Waals surface area (Å²) in [5.74, 6) is -0.00000215. The van der Waals surface area contributed by atoms with Crippen LogP contribution in [0.3, 0.4) is 0 Å². The van der Waals surface area contributed by atoms with Gasteiger partial charge in [0.05, 0.1) is 23.3 Å². The van der Waals surface area contributed by atoms with Gasteiger partial charge in [-0.05, 0) is 38.0 Å². The number of aromatic nitrogens is 5. The van der Waals surface area contributed by atoms with Crippen LogP contribution in [0.2, 0.25) is 0 Å². The fraction of sp³-hybridized carbons (Fsp3) is 0.364. The fourth-order valence-corrected chi connectivity index (χ4v) is 3.68. The second-order valence-corrected chi connectivity index (χ2v) is 8.18. The van der Waals surface area contributed by atoms with Gasteiger partial charge in [-0.3, -0.25) is 14.3 Å². The molecule has 8 nitrogen and oxygen atoms in total. The SMILES string of the molecule is Cc1ccn(C[C@H](C)NC(=O)c2cc3c(=O)n(CC(C)C)c4ccccc4n3n2)n1. The fourth-order valence-electron chi connectivity index (χ4n) is 3.68. The van der Waals surface area contributed by atoms with E-state index in [0.29, 0.717) is 24.5 Å². The monoisotopic (exact) mass is 406 g/mol. The van der Waals surface area contributed by atoms with Crippen LogP contribution in [0, 0.1) is 12.8 Å². The quantitative estimate of drug-likeness (QED) is 0.533. The topological polar surface area (TPSA) is 86.2 Å². The number of rotatable bonds is 6. The Hall–Kier alpha value is -3.42. The number of fused-ring (bicyclic) bond motifs is 3. The highest BCUT2D eigenvalue weighted by Crippen LogP contribution is 2.16. The van der Waals surface area contributed by atoms with Crippen molar-refractivity contribution in [2.75, 3.05) is 0 Å². The van der Waals surface area contributed by atoms with E-state index in [1.54, 1.807) is 19.8 Å². The van der Waals surface area contributed by atoms with E-state index in [2.05, 4.69) is 29.4 Å². The van der Waals surface area contributed by atoms with Crippen molar-refractivity contribution in [3.63, 3.8) is 0 Å². The van der Waals surface area contributed by atoms with Crippen molar-refractivity contribution in [1.82, 2.24) is 29.3 Å². The summed E-state index contributed by atoms with van der Waals surface area (Å²) in [5.41, 5.74) is 3.01. The van der Waals surface area contributed by atoms with E-state index in [1.165, 1.54) is 0 Å². The molecule has 156 valence electrons. The molecule has 0 aliphatic heterocycles. The lowest BCUT2D eigenvalue weighted by atomic mass is 10.2. The van der Waals surface area contributed by atoms with Crippen LogP contribution < -0.4 is 10.9 Å². The molecular weight excluding hydrogens is 380 g/mol. The maximum absolute atomic E-state index is 13.1. The Morgan fingerprint density at radius 1 is 1.03 bits per heavy atom. The number of nitrogens with one attached hydrogen (secondary N) is 1. The number of benzene rings is 1. The van der Waals surface area contributed by atoms with Gasteiger partial charge in [0.25, 0.3) is 11.5 Å². The van der Waals surface area contributed by atoms with Crippen molar-refractivity contribution in [2.45, 2.75) is 46.8 Å². The summed E-state index contributed by atoms with van der Waals surface area (Å²) in [6.45, 7) is 9.13. The molecule has 30 heavy (non-hydrogen) atoms. The molecule has 0 spiro atoms. The van der Waals surface area contributed by atoms with Crippen LogP contribution in [0.15, 0.2) is 47.4 Å². The van der Waals surface area contributed by atoms with Gasteiger partial charge in [-0.25, -0.2) is 4.52 Å². The first-order valence-electron chi connectivity index (χ1n) is 10.2. The molecule has 1 atom stereocenters. The van der Waals surface area contributed by atoms with Gasteiger partial charge in [0, 0.05) is 24.8 Å². The third-order valence-corrected chi connectivity index (χ3v) is 4.97. The molecule has 0 aliphatic rings. The molecule has 0 radical (unpaired) electrons. The number of nitrogens with zero attached hydrogens (tertiary/aromatic N) is 5. The average molecular weight is 406 g/mol. The number of carbonyl (C=O) groups is 1. The zero-order valence-electron chi connectivity index (χ0n) is 17.7. The van der Waals surface area contributed by atoms with Crippen molar-refractivity contribution in [2.24, 2.45) is 5.92 Å². The van der Waals surface area contributed by atoms with Crippen LogP contribution in [-0.4, -0.2) is 35.9 Å².